The van der Waals surface area contributed by atoms with E-state index in [9.17, 15) is 4.79 Å². The molecule has 0 radical (unpaired) electrons. The van der Waals surface area contributed by atoms with E-state index in [4.69, 9.17) is 10.5 Å². The SMILES string of the molecule is N#Cc1ncn(CC(=O)Nc2ccc(Br)cc2)c1C#N. The molecule has 98 valence electrons. The predicted molar refractivity (Wildman–Crippen MR) is 74.4 cm³/mol. The molecule has 0 fully saturated rings. The number of hydrogen-bond acceptors (Lipinski definition) is 4. The minimum Gasteiger partial charge on any atom is -0.325 e. The van der Waals surface area contributed by atoms with Crippen LogP contribution in [0.2, 0.25) is 0 Å². The molecule has 1 aromatic carbocycles. The Bertz CT molecular complexity index is 721. The molecular formula is C13H8BrN5O. The van der Waals surface area contributed by atoms with Gasteiger partial charge in [-0.1, -0.05) is 15.9 Å². The maximum Gasteiger partial charge on any atom is 0.244 e. The van der Waals surface area contributed by atoms with Crippen molar-refractivity contribution in [2.45, 2.75) is 6.54 Å². The Labute approximate surface area is 123 Å². The average Bonchev–Trinajstić information content (AvgIpc) is 2.83. The quantitative estimate of drug-likeness (QED) is 0.931. The second kappa shape index (κ2) is 6.00. The lowest BCUT2D eigenvalue weighted by Gasteiger charge is -2.06. The second-order valence-electron chi connectivity index (χ2n) is 3.85. The molecule has 1 N–H and O–H groups in total. The molecule has 0 aliphatic rings. The summed E-state index contributed by atoms with van der Waals surface area (Å²) >= 11 is 3.30. The van der Waals surface area contributed by atoms with Crippen LogP contribution in [-0.2, 0) is 11.3 Å². The van der Waals surface area contributed by atoms with Crippen molar-refractivity contribution in [3.8, 4) is 12.1 Å². The molecule has 0 atom stereocenters. The molecule has 7 heteroatoms. The van der Waals surface area contributed by atoms with Crippen LogP contribution < -0.4 is 5.32 Å². The zero-order valence-electron chi connectivity index (χ0n) is 10.2. The van der Waals surface area contributed by atoms with Gasteiger partial charge in [-0.2, -0.15) is 10.5 Å². The largest absolute Gasteiger partial charge is 0.325 e. The first-order chi connectivity index (χ1) is 9.63. The van der Waals surface area contributed by atoms with Crippen molar-refractivity contribution < 1.29 is 4.79 Å². The van der Waals surface area contributed by atoms with Gasteiger partial charge in [-0.3, -0.25) is 4.79 Å². The van der Waals surface area contributed by atoms with Gasteiger partial charge in [0.1, 0.15) is 18.7 Å². The number of benzene rings is 1. The molecule has 20 heavy (non-hydrogen) atoms. The summed E-state index contributed by atoms with van der Waals surface area (Å²) in [5.41, 5.74) is 0.750. The van der Waals surface area contributed by atoms with E-state index in [1.54, 1.807) is 30.3 Å². The fourth-order valence-corrected chi connectivity index (χ4v) is 1.85. The minimum atomic E-state index is -0.300. The van der Waals surface area contributed by atoms with Crippen LogP contribution in [0.4, 0.5) is 5.69 Å². The van der Waals surface area contributed by atoms with Crippen LogP contribution in [0.3, 0.4) is 0 Å². The number of rotatable bonds is 3. The van der Waals surface area contributed by atoms with Gasteiger partial charge >= 0.3 is 0 Å². The summed E-state index contributed by atoms with van der Waals surface area (Å²) in [6.07, 6.45) is 1.30. The van der Waals surface area contributed by atoms with Gasteiger partial charge in [0.25, 0.3) is 0 Å². The van der Waals surface area contributed by atoms with Gasteiger partial charge < -0.3 is 9.88 Å². The molecule has 1 heterocycles. The molecular weight excluding hydrogens is 322 g/mol. The Morgan fingerprint density at radius 2 is 2.00 bits per heavy atom. The minimum absolute atomic E-state index is 0.0175. The number of halogens is 1. The highest BCUT2D eigenvalue weighted by Gasteiger charge is 2.12. The summed E-state index contributed by atoms with van der Waals surface area (Å²) < 4.78 is 2.25. The molecule has 0 unspecified atom stereocenters. The highest BCUT2D eigenvalue weighted by Crippen LogP contribution is 2.14. The lowest BCUT2D eigenvalue weighted by atomic mass is 10.3. The number of amides is 1. The Morgan fingerprint density at radius 1 is 1.30 bits per heavy atom. The van der Waals surface area contributed by atoms with E-state index in [0.717, 1.165) is 4.47 Å². The predicted octanol–water partition coefficient (Wildman–Crippen LogP) is 2.03. The van der Waals surface area contributed by atoms with E-state index in [-0.39, 0.29) is 23.8 Å². The number of hydrogen-bond donors (Lipinski definition) is 1. The monoisotopic (exact) mass is 329 g/mol. The number of nitrogens with zero attached hydrogens (tertiary/aromatic N) is 4. The average molecular weight is 330 g/mol. The van der Waals surface area contributed by atoms with E-state index < -0.39 is 0 Å². The summed E-state index contributed by atoms with van der Waals surface area (Å²) in [5.74, 6) is -0.300. The van der Waals surface area contributed by atoms with E-state index >= 15 is 0 Å². The summed E-state index contributed by atoms with van der Waals surface area (Å²) in [7, 11) is 0. The van der Waals surface area contributed by atoms with Crippen LogP contribution in [0.1, 0.15) is 11.4 Å². The summed E-state index contributed by atoms with van der Waals surface area (Å²) in [6, 6.07) is 10.8. The maximum atomic E-state index is 11.9. The lowest BCUT2D eigenvalue weighted by molar-refractivity contribution is -0.116. The zero-order valence-corrected chi connectivity index (χ0v) is 11.8. The fraction of sp³-hybridized carbons (Fsp3) is 0.0769. The number of carbonyl (C=O) groups excluding carboxylic acids is 1. The molecule has 0 aliphatic heterocycles. The van der Waals surface area contributed by atoms with Crippen LogP contribution in [0, 0.1) is 22.7 Å². The third-order valence-corrected chi connectivity index (χ3v) is 3.02. The van der Waals surface area contributed by atoms with Crippen LogP contribution in [0.25, 0.3) is 0 Å². The summed E-state index contributed by atoms with van der Waals surface area (Å²) in [4.78, 5) is 15.6. The summed E-state index contributed by atoms with van der Waals surface area (Å²) in [5, 5.41) is 20.4. The van der Waals surface area contributed by atoms with Crippen molar-refractivity contribution in [2.24, 2.45) is 0 Å². The van der Waals surface area contributed by atoms with Crippen molar-refractivity contribution in [1.82, 2.24) is 9.55 Å². The topological polar surface area (TPSA) is 94.5 Å². The third kappa shape index (κ3) is 3.02. The van der Waals surface area contributed by atoms with Crippen LogP contribution >= 0.6 is 15.9 Å². The summed E-state index contributed by atoms with van der Waals surface area (Å²) in [6.45, 7) is -0.0758. The highest BCUT2D eigenvalue weighted by atomic mass is 79.9. The van der Waals surface area contributed by atoms with Gasteiger partial charge in [-0.05, 0) is 24.3 Å². The maximum absolute atomic E-state index is 11.9. The number of nitriles is 2. The van der Waals surface area contributed by atoms with E-state index in [1.165, 1.54) is 10.9 Å². The molecule has 1 aromatic heterocycles. The van der Waals surface area contributed by atoms with Gasteiger partial charge in [-0.15, -0.1) is 0 Å². The van der Waals surface area contributed by atoms with Gasteiger partial charge in [0, 0.05) is 10.2 Å². The third-order valence-electron chi connectivity index (χ3n) is 2.49. The Balaban J connectivity index is 2.09. The molecule has 6 nitrogen and oxygen atoms in total. The molecule has 2 rings (SSSR count). The standard InChI is InChI=1S/C13H8BrN5O/c14-9-1-3-10(4-2-9)18-13(20)7-19-8-17-11(5-15)12(19)6-16/h1-4,8H,7H2,(H,18,20). The van der Waals surface area contributed by atoms with Crippen molar-refractivity contribution in [2.75, 3.05) is 5.32 Å². The normalized spacial score (nSPS) is 9.55. The van der Waals surface area contributed by atoms with Crippen molar-refractivity contribution in [3.63, 3.8) is 0 Å². The van der Waals surface area contributed by atoms with Crippen LogP contribution in [-0.4, -0.2) is 15.5 Å². The number of nitrogens with one attached hydrogen (secondary N) is 1. The first-order valence-corrected chi connectivity index (χ1v) is 6.34. The Kier molecular flexibility index (Phi) is 4.14. The number of imidazole rings is 1. The van der Waals surface area contributed by atoms with Gasteiger partial charge in [0.2, 0.25) is 5.91 Å². The van der Waals surface area contributed by atoms with Gasteiger partial charge in [-0.25, -0.2) is 4.98 Å². The van der Waals surface area contributed by atoms with Gasteiger partial charge in [0.15, 0.2) is 11.4 Å². The fourth-order valence-electron chi connectivity index (χ4n) is 1.59. The van der Waals surface area contributed by atoms with Crippen molar-refractivity contribution >= 4 is 27.5 Å². The number of carbonyl (C=O) groups is 1. The van der Waals surface area contributed by atoms with Crippen molar-refractivity contribution in [3.05, 3.63) is 46.5 Å². The molecule has 0 bridgehead atoms. The van der Waals surface area contributed by atoms with E-state index in [0.29, 0.717) is 5.69 Å². The van der Waals surface area contributed by atoms with Crippen LogP contribution in [0.15, 0.2) is 35.1 Å². The first-order valence-electron chi connectivity index (χ1n) is 5.55. The Morgan fingerprint density at radius 3 is 2.60 bits per heavy atom. The second-order valence-corrected chi connectivity index (χ2v) is 4.76. The lowest BCUT2D eigenvalue weighted by Crippen LogP contribution is -2.19. The van der Waals surface area contributed by atoms with E-state index in [1.807, 2.05) is 6.07 Å². The molecule has 2 aromatic rings. The van der Waals surface area contributed by atoms with Crippen LogP contribution in [0.5, 0.6) is 0 Å². The Hall–Kier alpha value is -2.64. The molecule has 0 aliphatic carbocycles. The number of aromatic nitrogens is 2. The smallest absolute Gasteiger partial charge is 0.244 e. The molecule has 0 saturated carbocycles. The zero-order chi connectivity index (χ0) is 14.5. The molecule has 1 amide bonds. The number of anilines is 1. The van der Waals surface area contributed by atoms with Gasteiger partial charge in [0.05, 0.1) is 6.33 Å². The molecule has 0 spiro atoms. The van der Waals surface area contributed by atoms with E-state index in [2.05, 4.69) is 26.2 Å². The van der Waals surface area contributed by atoms with Crippen molar-refractivity contribution in [1.29, 1.82) is 10.5 Å². The molecule has 0 saturated heterocycles. The highest BCUT2D eigenvalue weighted by molar-refractivity contribution is 9.10. The first kappa shape index (κ1) is 13.8.